The molecule has 0 atom stereocenters. The number of carbonyl (C=O) groups is 1. The Labute approximate surface area is 164 Å². The van der Waals surface area contributed by atoms with Gasteiger partial charge in [-0.1, -0.05) is 30.3 Å². The minimum atomic E-state index is 0.0750. The van der Waals surface area contributed by atoms with Gasteiger partial charge < -0.3 is 14.4 Å². The SMILES string of the molecule is COc1ccc(CN(C)C(=O)CSc2ccc3ccccc3c2)c(OC)c1. The molecule has 0 heterocycles. The lowest BCUT2D eigenvalue weighted by Crippen LogP contribution is -2.28. The number of methoxy groups -OCH3 is 2. The lowest BCUT2D eigenvalue weighted by atomic mass is 10.1. The first-order valence-corrected chi connectivity index (χ1v) is 9.65. The Balaban J connectivity index is 1.61. The summed E-state index contributed by atoms with van der Waals surface area (Å²) in [7, 11) is 5.05. The summed E-state index contributed by atoms with van der Waals surface area (Å²) in [6.45, 7) is 0.490. The Morgan fingerprint density at radius 2 is 1.74 bits per heavy atom. The summed E-state index contributed by atoms with van der Waals surface area (Å²) in [5.74, 6) is 1.92. The molecule has 0 aliphatic carbocycles. The summed E-state index contributed by atoms with van der Waals surface area (Å²) in [6.07, 6.45) is 0. The van der Waals surface area contributed by atoms with E-state index in [1.54, 1.807) is 30.9 Å². The van der Waals surface area contributed by atoms with Gasteiger partial charge in [0.15, 0.2) is 0 Å². The van der Waals surface area contributed by atoms with Gasteiger partial charge in [-0.25, -0.2) is 0 Å². The molecule has 0 aliphatic rings. The van der Waals surface area contributed by atoms with Crippen LogP contribution >= 0.6 is 11.8 Å². The number of hydrogen-bond acceptors (Lipinski definition) is 4. The maximum atomic E-state index is 12.5. The lowest BCUT2D eigenvalue weighted by Gasteiger charge is -2.19. The zero-order chi connectivity index (χ0) is 19.2. The van der Waals surface area contributed by atoms with Crippen LogP contribution in [0.1, 0.15) is 5.56 Å². The normalized spacial score (nSPS) is 10.6. The summed E-state index contributed by atoms with van der Waals surface area (Å²) in [5, 5.41) is 2.39. The van der Waals surface area contributed by atoms with E-state index in [2.05, 4.69) is 30.3 Å². The number of rotatable bonds is 7. The molecular formula is C22H23NO3S. The van der Waals surface area contributed by atoms with E-state index in [0.717, 1.165) is 22.0 Å². The number of fused-ring (bicyclic) bond motifs is 1. The van der Waals surface area contributed by atoms with E-state index < -0.39 is 0 Å². The zero-order valence-electron chi connectivity index (χ0n) is 15.8. The van der Waals surface area contributed by atoms with Gasteiger partial charge in [-0.2, -0.15) is 0 Å². The third kappa shape index (κ3) is 4.74. The topological polar surface area (TPSA) is 38.8 Å². The first kappa shape index (κ1) is 19.1. The molecule has 0 saturated carbocycles. The third-order valence-corrected chi connectivity index (χ3v) is 5.39. The molecule has 3 rings (SSSR count). The average Bonchev–Trinajstić information content (AvgIpc) is 2.72. The minimum Gasteiger partial charge on any atom is -0.497 e. The van der Waals surface area contributed by atoms with Crippen LogP contribution in [0.15, 0.2) is 65.6 Å². The molecule has 0 bridgehead atoms. The van der Waals surface area contributed by atoms with Crippen molar-refractivity contribution < 1.29 is 14.3 Å². The number of ether oxygens (including phenoxy) is 2. The van der Waals surface area contributed by atoms with Gasteiger partial charge in [0, 0.05) is 30.1 Å². The molecule has 0 aromatic heterocycles. The van der Waals surface area contributed by atoms with Crippen molar-refractivity contribution in [3.05, 3.63) is 66.2 Å². The number of thioether (sulfide) groups is 1. The third-order valence-electron chi connectivity index (χ3n) is 4.41. The highest BCUT2D eigenvalue weighted by Gasteiger charge is 2.13. The average molecular weight is 381 g/mol. The second-order valence-corrected chi connectivity index (χ2v) is 7.27. The molecule has 0 N–H and O–H groups in total. The standard InChI is InChI=1S/C22H23NO3S/c1-23(14-18-8-10-19(25-2)13-21(18)26-3)22(24)15-27-20-11-9-16-6-4-5-7-17(16)12-20/h4-13H,14-15H2,1-3H3. The van der Waals surface area contributed by atoms with Crippen molar-refractivity contribution in [2.75, 3.05) is 27.0 Å². The molecule has 1 amide bonds. The van der Waals surface area contributed by atoms with E-state index in [4.69, 9.17) is 9.47 Å². The fraction of sp³-hybridized carbons (Fsp3) is 0.227. The molecule has 3 aromatic carbocycles. The fourth-order valence-electron chi connectivity index (χ4n) is 2.84. The molecule has 0 unspecified atom stereocenters. The number of amides is 1. The van der Waals surface area contributed by atoms with Gasteiger partial charge in [-0.05, 0) is 35.0 Å². The van der Waals surface area contributed by atoms with Crippen LogP contribution in [-0.2, 0) is 11.3 Å². The second-order valence-electron chi connectivity index (χ2n) is 6.23. The summed E-state index contributed by atoms with van der Waals surface area (Å²) < 4.78 is 10.6. The van der Waals surface area contributed by atoms with Gasteiger partial charge in [0.2, 0.25) is 5.91 Å². The van der Waals surface area contributed by atoms with Crippen LogP contribution in [0.5, 0.6) is 11.5 Å². The van der Waals surface area contributed by atoms with E-state index in [0.29, 0.717) is 12.3 Å². The predicted molar refractivity (Wildman–Crippen MR) is 111 cm³/mol. The molecule has 0 spiro atoms. The van der Waals surface area contributed by atoms with Gasteiger partial charge in [0.1, 0.15) is 11.5 Å². The summed E-state index contributed by atoms with van der Waals surface area (Å²) in [5.41, 5.74) is 0.949. The first-order valence-electron chi connectivity index (χ1n) is 8.67. The highest BCUT2D eigenvalue weighted by molar-refractivity contribution is 8.00. The van der Waals surface area contributed by atoms with Crippen molar-refractivity contribution in [3.63, 3.8) is 0 Å². The molecule has 0 radical (unpaired) electrons. The Morgan fingerprint density at radius 3 is 2.48 bits per heavy atom. The quantitative estimate of drug-likeness (QED) is 0.560. The molecule has 27 heavy (non-hydrogen) atoms. The summed E-state index contributed by atoms with van der Waals surface area (Å²) >= 11 is 1.56. The summed E-state index contributed by atoms with van der Waals surface area (Å²) in [4.78, 5) is 15.4. The van der Waals surface area contributed by atoms with Gasteiger partial charge >= 0.3 is 0 Å². The van der Waals surface area contributed by atoms with Crippen LogP contribution in [0.2, 0.25) is 0 Å². The van der Waals surface area contributed by atoms with Crippen LogP contribution in [-0.4, -0.2) is 37.8 Å². The van der Waals surface area contributed by atoms with Crippen molar-refractivity contribution in [3.8, 4) is 11.5 Å². The highest BCUT2D eigenvalue weighted by Crippen LogP contribution is 2.27. The molecule has 5 heteroatoms. The van der Waals surface area contributed by atoms with E-state index in [1.807, 2.05) is 37.4 Å². The molecule has 0 saturated heterocycles. The molecule has 4 nitrogen and oxygen atoms in total. The highest BCUT2D eigenvalue weighted by atomic mass is 32.2. The van der Waals surface area contributed by atoms with Crippen LogP contribution in [0, 0.1) is 0 Å². The lowest BCUT2D eigenvalue weighted by molar-refractivity contribution is -0.127. The molecule has 140 valence electrons. The predicted octanol–water partition coefficient (Wildman–Crippen LogP) is 4.61. The largest absolute Gasteiger partial charge is 0.497 e. The van der Waals surface area contributed by atoms with E-state index >= 15 is 0 Å². The molecule has 0 aliphatic heterocycles. The Hall–Kier alpha value is -2.66. The van der Waals surface area contributed by atoms with E-state index in [9.17, 15) is 4.79 Å². The Morgan fingerprint density at radius 1 is 0.963 bits per heavy atom. The van der Waals surface area contributed by atoms with Crippen molar-refractivity contribution in [2.24, 2.45) is 0 Å². The van der Waals surface area contributed by atoms with Gasteiger partial charge in [0.25, 0.3) is 0 Å². The van der Waals surface area contributed by atoms with Crippen molar-refractivity contribution in [2.45, 2.75) is 11.4 Å². The minimum absolute atomic E-state index is 0.0750. The van der Waals surface area contributed by atoms with Crippen molar-refractivity contribution >= 4 is 28.4 Å². The van der Waals surface area contributed by atoms with Crippen molar-refractivity contribution in [1.29, 1.82) is 0 Å². The number of carbonyl (C=O) groups excluding carboxylic acids is 1. The smallest absolute Gasteiger partial charge is 0.232 e. The van der Waals surface area contributed by atoms with Crippen LogP contribution in [0.25, 0.3) is 10.8 Å². The maximum Gasteiger partial charge on any atom is 0.232 e. The summed E-state index contributed by atoms with van der Waals surface area (Å²) in [6, 6.07) is 20.1. The number of hydrogen-bond donors (Lipinski definition) is 0. The zero-order valence-corrected chi connectivity index (χ0v) is 16.6. The van der Waals surface area contributed by atoms with Crippen molar-refractivity contribution in [1.82, 2.24) is 4.90 Å². The monoisotopic (exact) mass is 381 g/mol. The van der Waals surface area contributed by atoms with Crippen LogP contribution in [0.4, 0.5) is 0 Å². The number of nitrogens with zero attached hydrogens (tertiary/aromatic N) is 1. The van der Waals surface area contributed by atoms with Gasteiger partial charge in [-0.3, -0.25) is 4.79 Å². The second kappa shape index (κ2) is 8.82. The van der Waals surface area contributed by atoms with Crippen LogP contribution < -0.4 is 9.47 Å². The van der Waals surface area contributed by atoms with Crippen LogP contribution in [0.3, 0.4) is 0 Å². The Bertz CT molecular complexity index is 942. The van der Waals surface area contributed by atoms with Gasteiger partial charge in [0.05, 0.1) is 20.0 Å². The fourth-order valence-corrected chi connectivity index (χ4v) is 3.72. The molecular weight excluding hydrogens is 358 g/mol. The number of benzene rings is 3. The first-order chi connectivity index (χ1) is 13.1. The van der Waals surface area contributed by atoms with E-state index in [1.165, 1.54) is 10.8 Å². The molecule has 3 aromatic rings. The maximum absolute atomic E-state index is 12.5. The van der Waals surface area contributed by atoms with E-state index in [-0.39, 0.29) is 5.91 Å². The van der Waals surface area contributed by atoms with Gasteiger partial charge in [-0.15, -0.1) is 11.8 Å². The molecule has 0 fully saturated rings. The Kier molecular flexibility index (Phi) is 6.24.